The molecule has 78 heavy (non-hydrogen) atoms. The maximum atomic E-state index is 13.7. The maximum absolute atomic E-state index is 13.7. The van der Waals surface area contributed by atoms with Crippen LogP contribution in [0.4, 0.5) is 0 Å². The van der Waals surface area contributed by atoms with Crippen molar-refractivity contribution in [3.63, 3.8) is 0 Å². The fourth-order valence-corrected chi connectivity index (χ4v) is 10.9. The lowest BCUT2D eigenvalue weighted by atomic mass is 9.79. The van der Waals surface area contributed by atoms with Gasteiger partial charge in [-0.3, -0.25) is 0 Å². The van der Waals surface area contributed by atoms with Crippen molar-refractivity contribution in [1.29, 1.82) is 0 Å². The Morgan fingerprint density at radius 2 is 0.936 bits per heavy atom. The first-order valence-corrected chi connectivity index (χ1v) is 27.9. The second-order valence-corrected chi connectivity index (χ2v) is 21.7. The molecule has 2 aliphatic heterocycles. The van der Waals surface area contributed by atoms with Gasteiger partial charge in [0.15, 0.2) is 18.3 Å². The van der Waals surface area contributed by atoms with E-state index in [0.717, 1.165) is 34.1 Å². The largest absolute Gasteiger partial charge is 0.454 e. The number of rotatable bonds is 17. The van der Waals surface area contributed by atoms with Gasteiger partial charge >= 0.3 is 17.9 Å². The Balaban J connectivity index is 0.000000202. The zero-order chi connectivity index (χ0) is 54.2. The minimum absolute atomic E-state index is 0.270. The molecule has 6 aromatic carbocycles. The number of esters is 3. The molecule has 10 heteroatoms. The molecule has 10 nitrogen and oxygen atoms in total. The van der Waals surface area contributed by atoms with E-state index in [1.165, 1.54) is 79.7 Å². The van der Waals surface area contributed by atoms with Crippen molar-refractivity contribution < 1.29 is 47.8 Å². The molecule has 2 saturated heterocycles. The molecule has 0 amide bonds. The van der Waals surface area contributed by atoms with Crippen LogP contribution in [0.5, 0.6) is 0 Å². The van der Waals surface area contributed by atoms with Gasteiger partial charge in [0, 0.05) is 6.08 Å². The first-order chi connectivity index (χ1) is 38.0. The van der Waals surface area contributed by atoms with Crippen LogP contribution in [-0.2, 0) is 38.3 Å². The van der Waals surface area contributed by atoms with Gasteiger partial charge in [0.25, 0.3) is 0 Å². The highest BCUT2D eigenvalue weighted by Gasteiger charge is 2.50. The number of hydrogen-bond acceptors (Lipinski definition) is 10. The molecule has 0 bridgehead atoms. The molecule has 406 valence electrons. The minimum Gasteiger partial charge on any atom is -0.454 e. The SMILES string of the molecule is CC1CCC(c2ccc(C(=O)O[C@H](c3ccccc3)[C@H](OC(=O)c3ccc(C4CCC(C)CC4)cc3)c3ccccc3)cc2)CC1.Cc1ccc(C=CC(=O)OC2CO[C@@H]3[C@@H](OOC/C=C/c4ccc(C)cc4)CO[C@H]23)cc1. The van der Waals surface area contributed by atoms with Crippen molar-refractivity contribution in [2.75, 3.05) is 19.8 Å². The van der Waals surface area contributed by atoms with E-state index < -0.39 is 36.2 Å². The van der Waals surface area contributed by atoms with Crippen molar-refractivity contribution in [2.45, 2.75) is 128 Å². The molecule has 0 radical (unpaired) electrons. The molecule has 0 N–H and O–H groups in total. The number of fused-ring (bicyclic) bond motifs is 1. The Hall–Kier alpha value is -6.95. The summed E-state index contributed by atoms with van der Waals surface area (Å²) in [6.07, 6.45) is 13.6. The predicted octanol–water partition coefficient (Wildman–Crippen LogP) is 14.8. The highest BCUT2D eigenvalue weighted by molar-refractivity contribution is 5.91. The maximum Gasteiger partial charge on any atom is 0.338 e. The highest BCUT2D eigenvalue weighted by atomic mass is 17.2. The summed E-state index contributed by atoms with van der Waals surface area (Å²) in [6.45, 7) is 9.63. The van der Waals surface area contributed by atoms with Crippen molar-refractivity contribution in [2.24, 2.45) is 11.8 Å². The summed E-state index contributed by atoms with van der Waals surface area (Å²) in [6, 6.07) is 51.0. The van der Waals surface area contributed by atoms with Crippen LogP contribution in [0.1, 0.15) is 154 Å². The van der Waals surface area contributed by atoms with E-state index in [2.05, 4.69) is 57.2 Å². The topological polar surface area (TPSA) is 116 Å². The quantitative estimate of drug-likeness (QED) is 0.0218. The zero-order valence-electron chi connectivity index (χ0n) is 45.5. The van der Waals surface area contributed by atoms with Gasteiger partial charge in [-0.25, -0.2) is 24.2 Å². The summed E-state index contributed by atoms with van der Waals surface area (Å²) < 4.78 is 29.6. The predicted molar refractivity (Wildman–Crippen MR) is 303 cm³/mol. The average Bonchev–Trinajstić information content (AvgIpc) is 4.14. The van der Waals surface area contributed by atoms with E-state index >= 15 is 0 Å². The Bertz CT molecular complexity index is 2760. The van der Waals surface area contributed by atoms with Crippen LogP contribution >= 0.6 is 0 Å². The van der Waals surface area contributed by atoms with E-state index in [1.807, 2.05) is 140 Å². The molecular formula is C68H74O10. The van der Waals surface area contributed by atoms with Gasteiger partial charge in [0.1, 0.15) is 24.9 Å². The van der Waals surface area contributed by atoms with Crippen LogP contribution in [0.2, 0.25) is 0 Å². The minimum atomic E-state index is -0.844. The molecular weight excluding hydrogens is 977 g/mol. The number of benzene rings is 6. The lowest BCUT2D eigenvalue weighted by Crippen LogP contribution is -2.34. The van der Waals surface area contributed by atoms with Gasteiger partial charge in [-0.2, -0.15) is 0 Å². The molecule has 0 spiro atoms. The Labute approximate surface area is 460 Å². The summed E-state index contributed by atoms with van der Waals surface area (Å²) in [5.41, 5.74) is 9.47. The third-order valence-electron chi connectivity index (χ3n) is 15.7. The second-order valence-electron chi connectivity index (χ2n) is 21.7. The number of carbonyl (C=O) groups is 3. The van der Waals surface area contributed by atoms with Gasteiger partial charge in [-0.1, -0.05) is 196 Å². The molecule has 2 heterocycles. The number of carbonyl (C=O) groups excluding carboxylic acids is 3. The molecule has 6 aromatic rings. The fourth-order valence-electron chi connectivity index (χ4n) is 10.9. The van der Waals surface area contributed by atoms with E-state index in [4.69, 9.17) is 33.5 Å². The highest BCUT2D eigenvalue weighted by Crippen LogP contribution is 2.40. The van der Waals surface area contributed by atoms with Gasteiger partial charge in [0.2, 0.25) is 0 Å². The molecule has 0 aromatic heterocycles. The first kappa shape index (κ1) is 55.8. The number of hydrogen-bond donors (Lipinski definition) is 0. The van der Waals surface area contributed by atoms with Crippen LogP contribution < -0.4 is 0 Å². The van der Waals surface area contributed by atoms with E-state index in [1.54, 1.807) is 6.08 Å². The Morgan fingerprint density at radius 3 is 1.40 bits per heavy atom. The third kappa shape index (κ3) is 15.4. The van der Waals surface area contributed by atoms with Crippen molar-refractivity contribution in [3.05, 3.63) is 226 Å². The van der Waals surface area contributed by atoms with Crippen LogP contribution in [0.15, 0.2) is 170 Å². The summed E-state index contributed by atoms with van der Waals surface area (Å²) in [5, 5.41) is 0. The van der Waals surface area contributed by atoms with E-state index in [-0.39, 0.29) is 24.9 Å². The summed E-state index contributed by atoms with van der Waals surface area (Å²) in [7, 11) is 0. The lowest BCUT2D eigenvalue weighted by Gasteiger charge is -2.28. The molecule has 10 rings (SSSR count). The monoisotopic (exact) mass is 1050 g/mol. The summed E-state index contributed by atoms with van der Waals surface area (Å²) in [4.78, 5) is 50.4. The van der Waals surface area contributed by atoms with Crippen molar-refractivity contribution in [1.82, 2.24) is 0 Å². The van der Waals surface area contributed by atoms with Gasteiger partial charge in [0.05, 0.1) is 24.3 Å². The lowest BCUT2D eigenvalue weighted by molar-refractivity contribution is -0.326. The summed E-state index contributed by atoms with van der Waals surface area (Å²) in [5.74, 6) is 1.35. The molecule has 2 aliphatic carbocycles. The molecule has 1 unspecified atom stereocenters. The van der Waals surface area contributed by atoms with Crippen LogP contribution in [-0.4, -0.2) is 62.1 Å². The standard InChI is InChI=1S/C42H46O4.C26H28O6/c1-29-13-17-31(18-14-29)33-21-25-37(26-22-33)41(43)45-39(35-9-5-3-6-10-35)40(36-11-7-4-8-12-36)46-42(44)38-27-23-34(24-28-38)32-19-15-30(2)16-20-32;1-18-5-9-20(10-6-18)4-3-15-30-32-23-17-29-25-22(16-28-26(23)25)31-24(27)14-13-21-11-7-19(2)8-12-21/h3-12,21-32,39-40H,13-20H2,1-2H3;3-14,22-23,25-26H,15-17H2,1-2H3/b;4-3+,14-13?/t29?,30?,31?,32?,39-,40-;22?,23-,25+,26+/m10/s1. The first-order valence-electron chi connectivity index (χ1n) is 27.9. The van der Waals surface area contributed by atoms with Crippen LogP contribution in [0.3, 0.4) is 0 Å². The average molecular weight is 1050 g/mol. The Morgan fingerprint density at radius 1 is 0.513 bits per heavy atom. The molecule has 4 aliphatic rings. The molecule has 6 atom stereocenters. The fraction of sp³-hybridized carbons (Fsp3) is 0.368. The Kier molecular flexibility index (Phi) is 19.7. The van der Waals surface area contributed by atoms with Crippen LogP contribution in [0.25, 0.3) is 12.2 Å². The normalized spacial score (nSPS) is 23.6. The molecule has 4 fully saturated rings. The third-order valence-corrected chi connectivity index (χ3v) is 15.7. The smallest absolute Gasteiger partial charge is 0.338 e. The van der Waals surface area contributed by atoms with Crippen molar-refractivity contribution >= 4 is 30.1 Å². The van der Waals surface area contributed by atoms with Gasteiger partial charge in [-0.05, 0) is 127 Å². The van der Waals surface area contributed by atoms with Crippen molar-refractivity contribution in [3.8, 4) is 0 Å². The zero-order valence-corrected chi connectivity index (χ0v) is 45.5. The second kappa shape index (κ2) is 27.6. The van der Waals surface area contributed by atoms with Gasteiger partial charge < -0.3 is 23.7 Å². The van der Waals surface area contributed by atoms with Crippen LogP contribution in [0, 0.1) is 25.7 Å². The number of aryl methyl sites for hydroxylation is 2. The number of ether oxygens (including phenoxy) is 5. The summed E-state index contributed by atoms with van der Waals surface area (Å²) >= 11 is 0. The van der Waals surface area contributed by atoms with E-state index in [9.17, 15) is 14.4 Å². The molecule has 2 saturated carbocycles. The van der Waals surface area contributed by atoms with E-state index in [0.29, 0.717) is 36.2 Å². The van der Waals surface area contributed by atoms with Gasteiger partial charge in [-0.15, -0.1) is 0 Å².